The Labute approximate surface area is 194 Å². The fraction of sp³-hybridized carbons (Fsp3) is 0.222. The van der Waals surface area contributed by atoms with Gasteiger partial charge in [-0.15, -0.1) is 0 Å². The minimum Gasteiger partial charge on any atom is -0.358 e. The van der Waals surface area contributed by atoms with Crippen molar-refractivity contribution in [2.45, 2.75) is 38.5 Å². The minimum atomic E-state index is -0.150. The van der Waals surface area contributed by atoms with Crippen molar-refractivity contribution in [3.63, 3.8) is 0 Å². The molecule has 0 spiro atoms. The number of halogens is 2. The smallest absolute Gasteiger partial charge is 0.0675 e. The quantitative estimate of drug-likeness (QED) is 0.467. The molecule has 0 unspecified atom stereocenters. The van der Waals surface area contributed by atoms with Crippen LogP contribution < -0.4 is 5.32 Å². The molecular weight excluding hydrogens is 423 g/mol. The summed E-state index contributed by atoms with van der Waals surface area (Å²) in [6.45, 7) is 8.76. The highest BCUT2D eigenvalue weighted by Crippen LogP contribution is 2.44. The summed E-state index contributed by atoms with van der Waals surface area (Å²) in [5.41, 5.74) is 6.45. The zero-order valence-electron chi connectivity index (χ0n) is 18.2. The van der Waals surface area contributed by atoms with E-state index in [1.54, 1.807) is 0 Å². The molecule has 0 atom stereocenters. The van der Waals surface area contributed by atoms with E-state index in [4.69, 9.17) is 28.2 Å². The van der Waals surface area contributed by atoms with Gasteiger partial charge in [0.2, 0.25) is 0 Å². The number of anilines is 1. The molecular formula is C27H26Cl2N2. The van der Waals surface area contributed by atoms with E-state index in [2.05, 4.69) is 51.2 Å². The second-order valence-electron chi connectivity index (χ2n) is 8.93. The molecule has 2 aliphatic heterocycles. The van der Waals surface area contributed by atoms with Crippen LogP contribution in [0.5, 0.6) is 0 Å². The average Bonchev–Trinajstić information content (AvgIpc) is 3.11. The first-order valence-electron chi connectivity index (χ1n) is 10.4. The summed E-state index contributed by atoms with van der Waals surface area (Å²) in [5, 5.41) is 5.01. The van der Waals surface area contributed by atoms with Gasteiger partial charge < -0.3 is 5.32 Å². The molecule has 2 nitrogen and oxygen atoms in total. The standard InChI is InChI=1S/C27H26Cl2N2/c1-26(2)20-16-18(28)12-14-22(20)30-24(26)10-8-6-5-7-9-11-25-27(3,4)21-17-19(29)13-15-23(21)31-25/h5-17,30H,1-4H3/b7-5+,8-6+,11-9+,24-10+. The second-order valence-corrected chi connectivity index (χ2v) is 9.81. The topological polar surface area (TPSA) is 24.4 Å². The van der Waals surface area contributed by atoms with E-state index >= 15 is 0 Å². The summed E-state index contributed by atoms with van der Waals surface area (Å²) in [6, 6.07) is 11.9. The molecule has 4 heteroatoms. The summed E-state index contributed by atoms with van der Waals surface area (Å²) in [7, 11) is 0. The number of rotatable bonds is 4. The third-order valence-corrected chi connectivity index (χ3v) is 6.54. The van der Waals surface area contributed by atoms with Crippen LogP contribution in [0.1, 0.15) is 38.8 Å². The lowest BCUT2D eigenvalue weighted by Gasteiger charge is -2.20. The van der Waals surface area contributed by atoms with Gasteiger partial charge in [0.25, 0.3) is 0 Å². The molecule has 2 aliphatic rings. The lowest BCUT2D eigenvalue weighted by molar-refractivity contribution is 0.654. The summed E-state index contributed by atoms with van der Waals surface area (Å²) in [5.74, 6) is 0. The van der Waals surface area contributed by atoms with Crippen LogP contribution in [0.2, 0.25) is 10.0 Å². The molecule has 0 radical (unpaired) electrons. The van der Waals surface area contributed by atoms with Crippen molar-refractivity contribution in [1.82, 2.24) is 0 Å². The maximum absolute atomic E-state index is 6.18. The number of nitrogens with zero attached hydrogens (tertiary/aromatic N) is 1. The van der Waals surface area contributed by atoms with Gasteiger partial charge in [-0.25, -0.2) is 0 Å². The van der Waals surface area contributed by atoms with Crippen LogP contribution >= 0.6 is 23.2 Å². The Morgan fingerprint density at radius 2 is 1.42 bits per heavy atom. The molecule has 0 bridgehead atoms. The monoisotopic (exact) mass is 448 g/mol. The molecule has 0 aromatic heterocycles. The average molecular weight is 449 g/mol. The Hall–Kier alpha value is -2.55. The van der Waals surface area contributed by atoms with Gasteiger partial charge in [-0.2, -0.15) is 0 Å². The molecule has 0 fully saturated rings. The third kappa shape index (κ3) is 4.15. The zero-order valence-corrected chi connectivity index (χ0v) is 19.7. The molecule has 0 aliphatic carbocycles. The van der Waals surface area contributed by atoms with E-state index in [0.29, 0.717) is 0 Å². The normalized spacial score (nSPS) is 19.9. The van der Waals surface area contributed by atoms with Gasteiger partial charge in [-0.3, -0.25) is 4.99 Å². The van der Waals surface area contributed by atoms with Gasteiger partial charge in [0.05, 0.1) is 11.4 Å². The Balaban J connectivity index is 1.41. The first-order valence-corrected chi connectivity index (χ1v) is 11.1. The number of nitrogens with one attached hydrogen (secondary N) is 1. The zero-order chi connectivity index (χ0) is 22.2. The number of hydrogen-bond donors (Lipinski definition) is 1. The Morgan fingerprint density at radius 3 is 2.19 bits per heavy atom. The van der Waals surface area contributed by atoms with Crippen molar-refractivity contribution in [3.8, 4) is 0 Å². The highest BCUT2D eigenvalue weighted by molar-refractivity contribution is 6.31. The van der Waals surface area contributed by atoms with E-state index in [1.165, 1.54) is 11.1 Å². The molecule has 2 heterocycles. The van der Waals surface area contributed by atoms with Gasteiger partial charge >= 0.3 is 0 Å². The third-order valence-electron chi connectivity index (χ3n) is 6.07. The molecule has 1 N–H and O–H groups in total. The molecule has 0 saturated heterocycles. The van der Waals surface area contributed by atoms with Crippen molar-refractivity contribution in [2.75, 3.05) is 5.32 Å². The maximum atomic E-state index is 6.18. The molecule has 4 rings (SSSR count). The van der Waals surface area contributed by atoms with Crippen LogP contribution in [-0.2, 0) is 10.8 Å². The molecule has 2 aromatic rings. The van der Waals surface area contributed by atoms with Crippen LogP contribution in [0.15, 0.2) is 89.6 Å². The van der Waals surface area contributed by atoms with Crippen LogP contribution in [0, 0.1) is 0 Å². The minimum absolute atomic E-state index is 0.0989. The number of hydrogen-bond acceptors (Lipinski definition) is 2. The van der Waals surface area contributed by atoms with Gasteiger partial charge in [0.1, 0.15) is 0 Å². The van der Waals surface area contributed by atoms with Crippen LogP contribution in [0.3, 0.4) is 0 Å². The Kier molecular flexibility index (Phi) is 5.72. The lowest BCUT2D eigenvalue weighted by atomic mass is 9.81. The highest BCUT2D eigenvalue weighted by atomic mass is 35.5. The second kappa shape index (κ2) is 8.18. The van der Waals surface area contributed by atoms with Gasteiger partial charge in [-0.1, -0.05) is 81.3 Å². The number of allylic oxidation sites excluding steroid dienone is 8. The van der Waals surface area contributed by atoms with Crippen molar-refractivity contribution in [2.24, 2.45) is 4.99 Å². The van der Waals surface area contributed by atoms with Gasteiger partial charge in [-0.05, 0) is 59.7 Å². The maximum Gasteiger partial charge on any atom is 0.0675 e. The molecule has 0 saturated carbocycles. The van der Waals surface area contributed by atoms with Crippen molar-refractivity contribution in [3.05, 3.63) is 106 Å². The summed E-state index contributed by atoms with van der Waals surface area (Å²) in [4.78, 5) is 4.77. The van der Waals surface area contributed by atoms with Crippen LogP contribution in [0.25, 0.3) is 0 Å². The molecule has 0 amide bonds. The van der Waals surface area contributed by atoms with E-state index in [1.807, 2.05) is 60.7 Å². The largest absolute Gasteiger partial charge is 0.358 e. The van der Waals surface area contributed by atoms with Crippen molar-refractivity contribution >= 4 is 40.3 Å². The first kappa shape index (κ1) is 21.7. The van der Waals surface area contributed by atoms with E-state index in [0.717, 1.165) is 32.8 Å². The predicted molar refractivity (Wildman–Crippen MR) is 135 cm³/mol. The molecule has 2 aromatic carbocycles. The molecule has 31 heavy (non-hydrogen) atoms. The summed E-state index contributed by atoms with van der Waals surface area (Å²) < 4.78 is 0. The number of aliphatic imine (C=N–C) groups is 1. The van der Waals surface area contributed by atoms with Gasteiger partial charge in [0.15, 0.2) is 0 Å². The van der Waals surface area contributed by atoms with E-state index in [-0.39, 0.29) is 10.8 Å². The summed E-state index contributed by atoms with van der Waals surface area (Å²) in [6.07, 6.45) is 14.3. The Morgan fingerprint density at radius 1 is 0.774 bits per heavy atom. The van der Waals surface area contributed by atoms with Crippen molar-refractivity contribution in [1.29, 1.82) is 0 Å². The Bertz CT molecular complexity index is 1180. The van der Waals surface area contributed by atoms with Gasteiger partial charge in [0, 0.05) is 32.3 Å². The number of fused-ring (bicyclic) bond motifs is 2. The lowest BCUT2D eigenvalue weighted by Crippen LogP contribution is -2.23. The fourth-order valence-electron chi connectivity index (χ4n) is 4.09. The van der Waals surface area contributed by atoms with E-state index < -0.39 is 0 Å². The highest BCUT2D eigenvalue weighted by Gasteiger charge is 2.34. The van der Waals surface area contributed by atoms with Crippen molar-refractivity contribution < 1.29 is 0 Å². The molecule has 158 valence electrons. The summed E-state index contributed by atoms with van der Waals surface area (Å²) >= 11 is 12.3. The first-order chi connectivity index (χ1) is 14.7. The van der Waals surface area contributed by atoms with E-state index in [9.17, 15) is 0 Å². The SMILES string of the molecule is CC1(C)C(/C=C/C=C/C=C/C=C2/Nc3ccc(Cl)cc3C2(C)C)=Nc2ccc(Cl)cc21. The number of benzene rings is 2. The fourth-order valence-corrected chi connectivity index (χ4v) is 4.43. The van der Waals surface area contributed by atoms with Crippen LogP contribution in [0.4, 0.5) is 11.4 Å². The predicted octanol–water partition coefficient (Wildman–Crippen LogP) is 8.31. The van der Waals surface area contributed by atoms with Crippen LogP contribution in [-0.4, -0.2) is 5.71 Å².